The maximum absolute atomic E-state index is 6.43. The predicted molar refractivity (Wildman–Crippen MR) is 130 cm³/mol. The van der Waals surface area contributed by atoms with Crippen molar-refractivity contribution in [3.05, 3.63) is 45.8 Å². The molecule has 34 heavy (non-hydrogen) atoms. The molecule has 0 aromatic carbocycles. The first-order chi connectivity index (χ1) is 16.5. The van der Waals surface area contributed by atoms with E-state index in [0.717, 1.165) is 51.4 Å². The van der Waals surface area contributed by atoms with Gasteiger partial charge >= 0.3 is 0 Å². The molecule has 10 heteroatoms. The summed E-state index contributed by atoms with van der Waals surface area (Å²) in [5, 5.41) is 8.52. The summed E-state index contributed by atoms with van der Waals surface area (Å²) in [5.41, 5.74) is 9.30. The highest BCUT2D eigenvalue weighted by molar-refractivity contribution is 6.35. The Kier molecular flexibility index (Phi) is 6.16. The van der Waals surface area contributed by atoms with Gasteiger partial charge in [-0.05, 0) is 50.2 Å². The quantitative estimate of drug-likeness (QED) is 0.634. The molecule has 1 spiro atoms. The second-order valence-electron chi connectivity index (χ2n) is 10.3. The van der Waals surface area contributed by atoms with Crippen molar-refractivity contribution in [1.29, 1.82) is 0 Å². The van der Waals surface area contributed by atoms with E-state index in [2.05, 4.69) is 38.1 Å². The Labute approximate surface area is 209 Å². The molecule has 4 unspecified atom stereocenters. The van der Waals surface area contributed by atoms with Crippen LogP contribution in [0.25, 0.3) is 0 Å². The monoisotopic (exact) mass is 504 g/mol. The van der Waals surface area contributed by atoms with E-state index in [9.17, 15) is 0 Å². The van der Waals surface area contributed by atoms with Crippen LogP contribution >= 0.6 is 23.2 Å². The van der Waals surface area contributed by atoms with Crippen molar-refractivity contribution in [3.8, 4) is 0 Å². The Balaban J connectivity index is 1.10. The summed E-state index contributed by atoms with van der Waals surface area (Å²) in [4.78, 5) is 7.17. The van der Waals surface area contributed by atoms with Crippen LogP contribution in [0.4, 0.5) is 5.82 Å². The zero-order valence-corrected chi connectivity index (χ0v) is 20.7. The second-order valence-corrected chi connectivity index (χ2v) is 11.0. The summed E-state index contributed by atoms with van der Waals surface area (Å²) in [5.74, 6) is 1.48. The summed E-state index contributed by atoms with van der Waals surface area (Å²) in [6, 6.07) is 5.00. The fraction of sp³-hybridized carbons (Fsp3) is 0.625. The lowest BCUT2D eigenvalue weighted by atomic mass is 9.78. The van der Waals surface area contributed by atoms with Crippen LogP contribution in [-0.2, 0) is 9.47 Å². The average Bonchev–Trinajstić information content (AvgIpc) is 3.46. The normalized spacial score (nSPS) is 30.9. The minimum absolute atomic E-state index is 0.124. The van der Waals surface area contributed by atoms with Gasteiger partial charge < -0.3 is 14.4 Å². The second kappa shape index (κ2) is 9.15. The van der Waals surface area contributed by atoms with Crippen LogP contribution in [0.1, 0.15) is 55.9 Å². The number of nitrogens with one attached hydrogen (secondary N) is 2. The summed E-state index contributed by atoms with van der Waals surface area (Å²) < 4.78 is 12.0. The Bertz CT molecular complexity index is 1010. The van der Waals surface area contributed by atoms with Gasteiger partial charge in [0.2, 0.25) is 0 Å². The van der Waals surface area contributed by atoms with E-state index in [0.29, 0.717) is 33.1 Å². The van der Waals surface area contributed by atoms with E-state index < -0.39 is 0 Å². The van der Waals surface area contributed by atoms with Gasteiger partial charge in [-0.3, -0.25) is 5.43 Å². The number of halogens is 2. The topological polar surface area (TPSA) is 84.4 Å². The summed E-state index contributed by atoms with van der Waals surface area (Å²) in [6.07, 6.45) is 7.57. The number of anilines is 1. The molecule has 2 aromatic rings. The predicted octanol–water partition coefficient (Wildman–Crippen LogP) is 3.87. The summed E-state index contributed by atoms with van der Waals surface area (Å²) in [7, 11) is 0. The number of nitrogens with zero attached hydrogens (tertiary/aromatic N) is 4. The number of pyridine rings is 1. The van der Waals surface area contributed by atoms with Crippen LogP contribution in [0.3, 0.4) is 0 Å². The number of rotatable bonds is 5. The maximum atomic E-state index is 6.43. The minimum Gasteiger partial charge on any atom is -0.381 e. The van der Waals surface area contributed by atoms with Gasteiger partial charge in [-0.15, -0.1) is 5.10 Å². The SMILES string of the molecule is C[C@@H](OC1CCC2NNC(c3ccc(N4CC5(CCOC5)C4)nc3)C2C1)c1c(Cl)cnnc1Cl. The van der Waals surface area contributed by atoms with Crippen molar-refractivity contribution in [2.24, 2.45) is 11.3 Å². The lowest BCUT2D eigenvalue weighted by molar-refractivity contribution is -0.0371. The van der Waals surface area contributed by atoms with E-state index in [1.807, 2.05) is 13.1 Å². The van der Waals surface area contributed by atoms with E-state index in [1.54, 1.807) is 0 Å². The molecule has 2 aromatic heterocycles. The van der Waals surface area contributed by atoms with Gasteiger partial charge in [0, 0.05) is 42.9 Å². The largest absolute Gasteiger partial charge is 0.381 e. The van der Waals surface area contributed by atoms with Crippen LogP contribution in [-0.4, -0.2) is 53.6 Å². The van der Waals surface area contributed by atoms with Crippen LogP contribution in [0.5, 0.6) is 0 Å². The van der Waals surface area contributed by atoms with Gasteiger partial charge in [0.1, 0.15) is 5.82 Å². The zero-order valence-electron chi connectivity index (χ0n) is 19.2. The molecule has 4 fully saturated rings. The first kappa shape index (κ1) is 22.9. The van der Waals surface area contributed by atoms with Crippen molar-refractivity contribution in [2.45, 2.75) is 56.9 Å². The van der Waals surface area contributed by atoms with Gasteiger partial charge in [-0.1, -0.05) is 29.3 Å². The van der Waals surface area contributed by atoms with Crippen molar-refractivity contribution in [2.75, 3.05) is 31.2 Å². The van der Waals surface area contributed by atoms with Crippen molar-refractivity contribution in [1.82, 2.24) is 26.0 Å². The summed E-state index contributed by atoms with van der Waals surface area (Å²) in [6.45, 7) is 5.85. The fourth-order valence-electron chi connectivity index (χ4n) is 6.13. The van der Waals surface area contributed by atoms with Crippen LogP contribution in [0, 0.1) is 11.3 Å². The van der Waals surface area contributed by atoms with Gasteiger partial charge in [0.25, 0.3) is 0 Å². The van der Waals surface area contributed by atoms with Gasteiger partial charge in [0.05, 0.1) is 36.1 Å². The van der Waals surface area contributed by atoms with Crippen LogP contribution in [0.15, 0.2) is 24.5 Å². The molecular formula is C24H30Cl2N6O2. The number of hydrazine groups is 1. The minimum atomic E-state index is -0.246. The molecule has 1 saturated carbocycles. The number of hydrogen-bond acceptors (Lipinski definition) is 8. The molecular weight excluding hydrogens is 475 g/mol. The van der Waals surface area contributed by atoms with E-state index in [1.165, 1.54) is 18.2 Å². The molecule has 0 amide bonds. The van der Waals surface area contributed by atoms with E-state index in [4.69, 9.17) is 37.7 Å². The van der Waals surface area contributed by atoms with Crippen LogP contribution in [0.2, 0.25) is 10.2 Å². The molecule has 8 nitrogen and oxygen atoms in total. The summed E-state index contributed by atoms with van der Waals surface area (Å²) >= 11 is 12.6. The first-order valence-electron chi connectivity index (χ1n) is 12.1. The zero-order chi connectivity index (χ0) is 23.3. The molecule has 5 atom stereocenters. The van der Waals surface area contributed by atoms with Gasteiger partial charge in [-0.2, -0.15) is 5.10 Å². The van der Waals surface area contributed by atoms with Crippen LogP contribution < -0.4 is 15.8 Å². The third-order valence-electron chi connectivity index (χ3n) is 7.99. The molecule has 2 N–H and O–H groups in total. The molecule has 3 saturated heterocycles. The third-order valence-corrected chi connectivity index (χ3v) is 8.57. The van der Waals surface area contributed by atoms with E-state index >= 15 is 0 Å². The Morgan fingerprint density at radius 2 is 2.09 bits per heavy atom. The fourth-order valence-corrected chi connectivity index (χ4v) is 6.77. The molecule has 5 heterocycles. The van der Waals surface area contributed by atoms with Gasteiger partial charge in [-0.25, -0.2) is 10.4 Å². The standard InChI is InChI=1S/C24H30Cl2N6O2/c1-14(21-18(25)10-28-31-23(21)26)34-16-3-4-19-17(8-16)22(30-29-19)15-2-5-20(27-9-15)32-11-24(12-32)6-7-33-13-24/h2,5,9-10,14,16-17,19,22,29-30H,3-4,6-8,11-13H2,1H3/t14-,16?,17?,19?,22?/m1/s1. The lowest BCUT2D eigenvalue weighted by Crippen LogP contribution is -2.57. The van der Waals surface area contributed by atoms with E-state index in [-0.39, 0.29) is 18.2 Å². The highest BCUT2D eigenvalue weighted by atomic mass is 35.5. The maximum Gasteiger partial charge on any atom is 0.158 e. The first-order valence-corrected chi connectivity index (χ1v) is 12.9. The molecule has 0 radical (unpaired) electrons. The number of hydrogen-bond donors (Lipinski definition) is 2. The number of fused-ring (bicyclic) bond motifs is 1. The third kappa shape index (κ3) is 4.18. The molecule has 3 aliphatic heterocycles. The molecule has 6 rings (SSSR count). The molecule has 4 aliphatic rings. The smallest absolute Gasteiger partial charge is 0.158 e. The van der Waals surface area contributed by atoms with Crippen molar-refractivity contribution >= 4 is 29.0 Å². The Morgan fingerprint density at radius 3 is 2.82 bits per heavy atom. The average molecular weight is 505 g/mol. The van der Waals surface area contributed by atoms with Gasteiger partial charge in [0.15, 0.2) is 5.15 Å². The van der Waals surface area contributed by atoms with Crippen molar-refractivity contribution in [3.63, 3.8) is 0 Å². The number of ether oxygens (including phenoxy) is 2. The highest BCUT2D eigenvalue weighted by Crippen LogP contribution is 2.43. The lowest BCUT2D eigenvalue weighted by Gasteiger charge is -2.47. The molecule has 182 valence electrons. The molecule has 0 bridgehead atoms. The van der Waals surface area contributed by atoms with Crippen molar-refractivity contribution < 1.29 is 9.47 Å². The number of aromatic nitrogens is 3. The Morgan fingerprint density at radius 1 is 1.21 bits per heavy atom. The Hall–Kier alpha value is -1.55. The molecule has 1 aliphatic carbocycles. The highest BCUT2D eigenvalue weighted by Gasteiger charge is 2.46.